The first kappa shape index (κ1) is 89.8. The minimum Gasteiger partial charge on any atom is -0.481 e. The Morgan fingerprint density at radius 3 is 1.56 bits per heavy atom. The van der Waals surface area contributed by atoms with Crippen molar-refractivity contribution < 1.29 is 109 Å². The Morgan fingerprint density at radius 1 is 0.607 bits per heavy atom. The van der Waals surface area contributed by atoms with Crippen LogP contribution in [0.25, 0.3) is 0 Å². The fraction of sp³-hybridized carbons (Fsp3) is 0.625. The van der Waals surface area contributed by atoms with Crippen LogP contribution in [0.2, 0.25) is 15.1 Å². The van der Waals surface area contributed by atoms with E-state index in [-0.39, 0.29) is 91.7 Å². The van der Waals surface area contributed by atoms with Crippen LogP contribution in [0.3, 0.4) is 0 Å². The zero-order chi connectivity index (χ0) is 80.6. The van der Waals surface area contributed by atoms with Gasteiger partial charge >= 0.3 is 54.5 Å². The van der Waals surface area contributed by atoms with Crippen molar-refractivity contribution in [3.8, 4) is 0 Å². The van der Waals surface area contributed by atoms with Gasteiger partial charge in [-0.05, 0) is 208 Å². The second-order valence-electron chi connectivity index (χ2n) is 29.8. The molecule has 0 spiro atoms. The van der Waals surface area contributed by atoms with Crippen LogP contribution in [0.4, 0.5) is 57.8 Å². The maximum absolute atomic E-state index is 13.3. The van der Waals surface area contributed by atoms with Crippen LogP contribution in [-0.2, 0) is 60.1 Å². The third-order valence-corrected chi connectivity index (χ3v) is 18.2. The molecule has 4 unspecified atom stereocenters. The van der Waals surface area contributed by atoms with Crippen LogP contribution in [0.5, 0.6) is 0 Å². The molecule has 107 heavy (non-hydrogen) atoms. The van der Waals surface area contributed by atoms with Crippen molar-refractivity contribution in [2.75, 3.05) is 74.5 Å². The number of Topliss-reactive ketones (excluding diaryl/α,β-unsaturated/α-hetero) is 1. The number of hydrogen-bond acceptors (Lipinski definition) is 19. The average molecular weight is 1580 g/mol. The first-order chi connectivity index (χ1) is 49.4. The number of alkyl halides is 6. The molecule has 5 aliphatic rings. The number of likely N-dealkylation sites (tertiary alicyclic amines) is 4. The number of rotatable bonds is 17. The maximum atomic E-state index is 13.3. The standard InChI is InChI=1S/C24H33ClF3N3O5.C23H29ClF3N3O5.C14H18ClNO3.C11H20N2O4/c1-14(32)19(30-17-11-15(24(26,27)28)10-16(25)12-17)6-5-8-29-20-13-31(9-7-18(20)21(33)34)22(35)36-23(2,3)4;1-22(2,3)35-21(34)29-8-6-16(20(32)33)18(12-29)30-7-4-5-17(19(30)31)28-15-10-13(23(25,26)27)9-14(24)11-15;1-3-19-14(18)12-4-5-13(17)16(12)11-7-9(2)6-10(15)8-11;1-11(2,3)17-10(16)13-5-4-7(9(14)15)8(12)6-13/h10-12,18-20,29-30H,5-9,13H2,1-4H3,(H,33,34);9-11,16-18,28H,4-8,12H2,1-3H3,(H,32,33);6-8,12-13,17H,3-5H2,1-2H3;7-8H,4-6,12H2,1-3H3,(H,14,15)/t18?,19-,20+;16?,17-,18+;12-,13?;7?,8-/m1110/s1. The first-order valence-corrected chi connectivity index (χ1v) is 36.2. The number of nitrogens with zero attached hydrogens (tertiary/aromatic N) is 5. The zero-order valence-corrected chi connectivity index (χ0v) is 64.3. The molecule has 5 aliphatic heterocycles. The third-order valence-electron chi connectivity index (χ3n) is 17.6. The number of esters is 1. The van der Waals surface area contributed by atoms with Gasteiger partial charge in [0.15, 0.2) is 5.78 Å². The van der Waals surface area contributed by atoms with Crippen LogP contribution in [-0.4, -0.2) is 212 Å². The Kier molecular flexibility index (Phi) is 32.4. The highest BCUT2D eigenvalue weighted by atomic mass is 35.5. The molecule has 9 N–H and O–H groups in total. The molecule has 35 heteroatoms. The molecule has 8 rings (SSSR count). The summed E-state index contributed by atoms with van der Waals surface area (Å²) in [4.78, 5) is 116. The number of benzene rings is 3. The van der Waals surface area contributed by atoms with Crippen molar-refractivity contribution in [1.29, 1.82) is 0 Å². The summed E-state index contributed by atoms with van der Waals surface area (Å²) < 4.78 is 99.8. The highest BCUT2D eigenvalue weighted by Crippen LogP contribution is 2.38. The maximum Gasteiger partial charge on any atom is 0.416 e. The Morgan fingerprint density at radius 2 is 1.08 bits per heavy atom. The van der Waals surface area contributed by atoms with Gasteiger partial charge in [0.2, 0.25) is 5.91 Å². The normalized spacial score (nSPS) is 22.4. The summed E-state index contributed by atoms with van der Waals surface area (Å²) in [6.45, 7) is 22.9. The topological polar surface area (TPSA) is 350 Å². The van der Waals surface area contributed by atoms with Gasteiger partial charge in [-0.2, -0.15) is 26.3 Å². The average Bonchev–Trinajstić information content (AvgIpc) is 1.15. The Hall–Kier alpha value is -7.78. The van der Waals surface area contributed by atoms with Gasteiger partial charge in [-0.25, -0.2) is 19.2 Å². The van der Waals surface area contributed by atoms with E-state index in [4.69, 9.17) is 64.6 Å². The number of aliphatic carboxylic acids is 3. The SMILES string of the molecule is CC(=O)[C@@H](CCCN[C@H]1CN(C(=O)OC(C)(C)C)CCC1C(=O)O)Nc1cc(Cl)cc(C(F)(F)F)c1.CC(C)(C)OC(=O)N1CCC(C(=O)O)[C@@H](N)C1.CC(C)(C)OC(=O)N1CCC(C(=O)O)[C@@H](N2CCC[C@@H](Nc3cc(Cl)cc(C(F)(F)F)c3)C2=O)C1.CCOC(=O)[C@H]1CCC(O)N1c1cc(C)cc(Cl)c1. The Bertz CT molecular complexity index is 3580. The second-order valence-corrected chi connectivity index (χ2v) is 31.1. The van der Waals surface area contributed by atoms with Gasteiger partial charge in [0.25, 0.3) is 0 Å². The molecular weight excluding hydrogens is 1480 g/mol. The number of amides is 4. The number of halogens is 9. The lowest BCUT2D eigenvalue weighted by Crippen LogP contribution is -2.61. The molecule has 5 heterocycles. The second kappa shape index (κ2) is 38.5. The number of hydrogen-bond donors (Lipinski definition) is 8. The monoisotopic (exact) mass is 1580 g/mol. The predicted molar refractivity (Wildman–Crippen MR) is 387 cm³/mol. The van der Waals surface area contributed by atoms with Gasteiger partial charge in [-0.3, -0.25) is 24.0 Å². The molecule has 598 valence electrons. The molecule has 10 atom stereocenters. The molecule has 0 aromatic heterocycles. The number of ketones is 1. The van der Waals surface area contributed by atoms with E-state index in [1.54, 1.807) is 80.2 Å². The molecule has 5 fully saturated rings. The number of carboxylic acid groups (broad SMARTS) is 3. The predicted octanol–water partition coefficient (Wildman–Crippen LogP) is 12.4. The summed E-state index contributed by atoms with van der Waals surface area (Å²) in [6, 6.07) is 7.59. The number of nitrogens with two attached hydrogens (primary N) is 1. The summed E-state index contributed by atoms with van der Waals surface area (Å²) in [5, 5.41) is 47.5. The number of anilines is 3. The minimum absolute atomic E-state index is 0.0142. The first-order valence-electron chi connectivity index (χ1n) is 35.1. The largest absolute Gasteiger partial charge is 0.481 e. The van der Waals surface area contributed by atoms with E-state index >= 15 is 0 Å². The van der Waals surface area contributed by atoms with E-state index in [1.807, 2.05) is 19.1 Å². The summed E-state index contributed by atoms with van der Waals surface area (Å²) in [5.74, 6) is -6.11. The molecular formula is C72H100Cl3F6N9O17. The molecule has 0 aliphatic carbocycles. The molecule has 0 saturated carbocycles. The number of carbonyl (C=O) groups excluding carboxylic acids is 6. The number of piperidine rings is 4. The highest BCUT2D eigenvalue weighted by molar-refractivity contribution is 6.31. The van der Waals surface area contributed by atoms with Crippen molar-refractivity contribution in [2.45, 2.75) is 213 Å². The number of carbonyl (C=O) groups is 9. The van der Waals surface area contributed by atoms with Crippen molar-refractivity contribution in [2.24, 2.45) is 23.5 Å². The molecule has 5 saturated heterocycles. The van der Waals surface area contributed by atoms with E-state index in [0.29, 0.717) is 63.2 Å². The van der Waals surface area contributed by atoms with Gasteiger partial charge in [0, 0.05) is 90.0 Å². The summed E-state index contributed by atoms with van der Waals surface area (Å²) in [5.41, 5.74) is 3.77. The van der Waals surface area contributed by atoms with Gasteiger partial charge < -0.3 is 85.6 Å². The molecule has 3 aromatic carbocycles. The number of aliphatic hydroxyl groups is 1. The number of carboxylic acids is 3. The lowest BCUT2D eigenvalue weighted by atomic mass is 9.88. The lowest BCUT2D eigenvalue weighted by Gasteiger charge is -2.45. The lowest BCUT2D eigenvalue weighted by molar-refractivity contribution is -0.151. The van der Waals surface area contributed by atoms with Crippen LogP contribution in [0.15, 0.2) is 54.6 Å². The molecule has 4 amide bonds. The summed E-state index contributed by atoms with van der Waals surface area (Å²) >= 11 is 17.7. The van der Waals surface area contributed by atoms with E-state index in [0.717, 1.165) is 35.5 Å². The smallest absolute Gasteiger partial charge is 0.416 e. The van der Waals surface area contributed by atoms with Gasteiger partial charge in [0.1, 0.15) is 35.1 Å². The molecule has 26 nitrogen and oxygen atoms in total. The van der Waals surface area contributed by atoms with Gasteiger partial charge in [-0.15, -0.1) is 0 Å². The number of aryl methyl sites for hydroxylation is 1. The van der Waals surface area contributed by atoms with Crippen LogP contribution in [0.1, 0.15) is 151 Å². The van der Waals surface area contributed by atoms with Crippen molar-refractivity contribution in [3.05, 3.63) is 86.4 Å². The summed E-state index contributed by atoms with van der Waals surface area (Å²) in [6.07, 6.45) is -7.91. The molecule has 3 aromatic rings. The number of aliphatic hydroxyl groups excluding tert-OH is 1. The van der Waals surface area contributed by atoms with Crippen LogP contribution in [0, 0.1) is 24.7 Å². The fourth-order valence-electron chi connectivity index (χ4n) is 12.6. The Labute approximate surface area is 633 Å². The minimum atomic E-state index is -4.61. The fourth-order valence-corrected chi connectivity index (χ4v) is 13.4. The highest BCUT2D eigenvalue weighted by Gasteiger charge is 2.46. The van der Waals surface area contributed by atoms with Crippen LogP contribution >= 0.6 is 34.8 Å². The van der Waals surface area contributed by atoms with Crippen molar-refractivity contribution in [3.63, 3.8) is 0 Å². The third kappa shape index (κ3) is 28.3. The molecule has 0 radical (unpaired) electrons. The summed E-state index contributed by atoms with van der Waals surface area (Å²) in [7, 11) is 0. The zero-order valence-electron chi connectivity index (χ0n) is 62.0. The van der Waals surface area contributed by atoms with Gasteiger partial charge in [0.05, 0.1) is 47.6 Å². The molecule has 0 bridgehead atoms. The quantitative estimate of drug-likeness (QED) is 0.0269. The van der Waals surface area contributed by atoms with E-state index in [1.165, 1.54) is 38.7 Å². The van der Waals surface area contributed by atoms with Gasteiger partial charge in [-0.1, -0.05) is 34.8 Å². The van der Waals surface area contributed by atoms with E-state index in [2.05, 4.69) is 16.0 Å². The Balaban J connectivity index is 0.000000268. The number of nitrogens with one attached hydrogen (secondary N) is 3. The van der Waals surface area contributed by atoms with Crippen molar-refractivity contribution >= 4 is 106 Å². The van der Waals surface area contributed by atoms with E-state index in [9.17, 15) is 84.8 Å². The van der Waals surface area contributed by atoms with Crippen LogP contribution < -0.4 is 26.6 Å². The van der Waals surface area contributed by atoms with E-state index < -0.39 is 143 Å². The van der Waals surface area contributed by atoms with Crippen molar-refractivity contribution in [1.82, 2.24) is 24.9 Å². The number of ether oxygens (including phenoxy) is 4.